The normalized spacial score (nSPS) is 22.2. The van der Waals surface area contributed by atoms with Crippen LogP contribution in [0.5, 0.6) is 0 Å². The number of aryl methyl sites for hydroxylation is 1. The number of imide groups is 1. The van der Waals surface area contributed by atoms with E-state index < -0.39 is 5.92 Å². The molecule has 0 radical (unpaired) electrons. The highest BCUT2D eigenvalue weighted by Gasteiger charge is 2.38. The number of carbonyl (C=O) groups is 2. The third kappa shape index (κ3) is 2.56. The molecule has 2 heterocycles. The maximum Gasteiger partial charge on any atom is 0.234 e. The summed E-state index contributed by atoms with van der Waals surface area (Å²) in [5.74, 6) is -1.82. The van der Waals surface area contributed by atoms with Crippen LogP contribution in [-0.2, 0) is 16.6 Å². The Bertz CT molecular complexity index is 693. The molecular weight excluding hydrogens is 273 g/mol. The van der Waals surface area contributed by atoms with Gasteiger partial charge in [0.25, 0.3) is 0 Å². The Hall–Kier alpha value is -2.50. The van der Waals surface area contributed by atoms with Crippen LogP contribution in [0, 0.1) is 5.82 Å². The predicted octanol–water partition coefficient (Wildman–Crippen LogP) is 1.47. The van der Waals surface area contributed by atoms with Crippen LogP contribution in [-0.4, -0.2) is 21.6 Å². The van der Waals surface area contributed by atoms with Crippen molar-refractivity contribution in [1.82, 2.24) is 15.1 Å². The second-order valence-corrected chi connectivity index (χ2v) is 5.20. The van der Waals surface area contributed by atoms with Crippen molar-refractivity contribution >= 4 is 11.8 Å². The topological polar surface area (TPSA) is 64.0 Å². The fraction of sp³-hybridized carbons (Fsp3) is 0.267. The van der Waals surface area contributed by atoms with E-state index in [2.05, 4.69) is 10.4 Å². The lowest BCUT2D eigenvalue weighted by Crippen LogP contribution is -2.43. The Morgan fingerprint density at radius 3 is 2.57 bits per heavy atom. The first-order valence-electron chi connectivity index (χ1n) is 6.62. The Balaban J connectivity index is 2.02. The summed E-state index contributed by atoms with van der Waals surface area (Å²) in [5, 5.41) is 6.45. The van der Waals surface area contributed by atoms with Crippen LogP contribution in [0.2, 0.25) is 0 Å². The van der Waals surface area contributed by atoms with E-state index in [1.165, 1.54) is 12.1 Å². The molecule has 0 bridgehead atoms. The van der Waals surface area contributed by atoms with Gasteiger partial charge in [0.2, 0.25) is 11.8 Å². The summed E-state index contributed by atoms with van der Waals surface area (Å²) in [6.07, 6.45) is 3.67. The smallest absolute Gasteiger partial charge is 0.234 e. The van der Waals surface area contributed by atoms with Gasteiger partial charge >= 0.3 is 0 Å². The summed E-state index contributed by atoms with van der Waals surface area (Å²) < 4.78 is 14.7. The van der Waals surface area contributed by atoms with Gasteiger partial charge in [0, 0.05) is 25.6 Å². The first kappa shape index (κ1) is 13.5. The minimum Gasteiger partial charge on any atom is -0.296 e. The van der Waals surface area contributed by atoms with Crippen LogP contribution in [0.4, 0.5) is 4.39 Å². The zero-order chi connectivity index (χ0) is 15.0. The summed E-state index contributed by atoms with van der Waals surface area (Å²) in [5.41, 5.74) is 1.52. The second-order valence-electron chi connectivity index (χ2n) is 5.20. The van der Waals surface area contributed by atoms with Crippen molar-refractivity contribution in [3.8, 4) is 0 Å². The number of rotatable bonds is 2. The second kappa shape index (κ2) is 5.12. The van der Waals surface area contributed by atoms with Gasteiger partial charge in [-0.25, -0.2) is 4.39 Å². The van der Waals surface area contributed by atoms with Crippen LogP contribution in [0.1, 0.15) is 29.4 Å². The van der Waals surface area contributed by atoms with E-state index >= 15 is 0 Å². The number of nitrogens with zero attached hydrogens (tertiary/aromatic N) is 2. The number of halogens is 1. The number of hydrogen-bond donors (Lipinski definition) is 1. The highest BCUT2D eigenvalue weighted by molar-refractivity contribution is 6.02. The fourth-order valence-electron chi connectivity index (χ4n) is 2.76. The van der Waals surface area contributed by atoms with Gasteiger partial charge < -0.3 is 0 Å². The van der Waals surface area contributed by atoms with Crippen molar-refractivity contribution in [3.05, 3.63) is 53.6 Å². The van der Waals surface area contributed by atoms with E-state index in [-0.39, 0.29) is 30.0 Å². The van der Waals surface area contributed by atoms with Gasteiger partial charge in [0.05, 0.1) is 12.1 Å². The Morgan fingerprint density at radius 2 is 1.95 bits per heavy atom. The summed E-state index contributed by atoms with van der Waals surface area (Å²) >= 11 is 0. The lowest BCUT2D eigenvalue weighted by Gasteiger charge is -2.29. The van der Waals surface area contributed by atoms with E-state index in [0.717, 1.165) is 5.56 Å². The third-order valence-electron chi connectivity index (χ3n) is 3.73. The van der Waals surface area contributed by atoms with Gasteiger partial charge in [-0.3, -0.25) is 19.6 Å². The zero-order valence-electron chi connectivity index (χ0n) is 11.4. The number of hydrogen-bond acceptors (Lipinski definition) is 3. The molecule has 1 aliphatic rings. The van der Waals surface area contributed by atoms with Crippen molar-refractivity contribution in [1.29, 1.82) is 0 Å². The molecule has 2 amide bonds. The maximum atomic E-state index is 13.1. The fourth-order valence-corrected chi connectivity index (χ4v) is 2.76. The number of nitrogens with one attached hydrogen (secondary N) is 1. The van der Waals surface area contributed by atoms with E-state index in [9.17, 15) is 14.0 Å². The van der Waals surface area contributed by atoms with Crippen molar-refractivity contribution in [2.75, 3.05) is 0 Å². The van der Waals surface area contributed by atoms with Crippen LogP contribution < -0.4 is 5.32 Å². The minimum atomic E-state index is -0.521. The molecule has 0 spiro atoms. The quantitative estimate of drug-likeness (QED) is 0.851. The summed E-state index contributed by atoms with van der Waals surface area (Å²) in [6, 6.07) is 5.80. The lowest BCUT2D eigenvalue weighted by atomic mass is 9.77. The summed E-state index contributed by atoms with van der Waals surface area (Å²) in [4.78, 5) is 23.9. The highest BCUT2D eigenvalue weighted by Crippen LogP contribution is 2.38. The molecule has 5 nitrogen and oxygen atoms in total. The molecule has 21 heavy (non-hydrogen) atoms. The van der Waals surface area contributed by atoms with Crippen molar-refractivity contribution in [2.24, 2.45) is 7.05 Å². The number of piperidine rings is 1. The van der Waals surface area contributed by atoms with Gasteiger partial charge in [0.15, 0.2) is 0 Å². The SMILES string of the molecule is Cn1cc(C2CC(=O)NC(=O)C2c2ccc(F)cc2)cn1. The molecule has 108 valence electrons. The number of amides is 2. The Morgan fingerprint density at radius 1 is 1.24 bits per heavy atom. The maximum absolute atomic E-state index is 13.1. The zero-order valence-corrected chi connectivity index (χ0v) is 11.4. The monoisotopic (exact) mass is 287 g/mol. The third-order valence-corrected chi connectivity index (χ3v) is 3.73. The molecule has 2 atom stereocenters. The first-order valence-corrected chi connectivity index (χ1v) is 6.62. The van der Waals surface area contributed by atoms with Gasteiger partial charge in [-0.2, -0.15) is 5.10 Å². The van der Waals surface area contributed by atoms with Gasteiger partial charge in [-0.05, 0) is 23.3 Å². The Kier molecular flexibility index (Phi) is 3.29. The van der Waals surface area contributed by atoms with Crippen molar-refractivity contribution in [3.63, 3.8) is 0 Å². The molecule has 6 heteroatoms. The van der Waals surface area contributed by atoms with E-state index in [1.807, 2.05) is 0 Å². The van der Waals surface area contributed by atoms with Crippen LogP contribution >= 0.6 is 0 Å². The minimum absolute atomic E-state index is 0.208. The first-order chi connectivity index (χ1) is 10.0. The van der Waals surface area contributed by atoms with E-state index in [0.29, 0.717) is 5.56 Å². The largest absolute Gasteiger partial charge is 0.296 e. The molecule has 2 unspecified atom stereocenters. The molecule has 1 fully saturated rings. The van der Waals surface area contributed by atoms with E-state index in [4.69, 9.17) is 0 Å². The van der Waals surface area contributed by atoms with Crippen LogP contribution in [0.25, 0.3) is 0 Å². The Labute approximate surface area is 120 Å². The van der Waals surface area contributed by atoms with Crippen molar-refractivity contribution in [2.45, 2.75) is 18.3 Å². The number of carbonyl (C=O) groups excluding carboxylic acids is 2. The molecule has 2 aromatic rings. The summed E-state index contributed by atoms with van der Waals surface area (Å²) in [6.45, 7) is 0. The standard InChI is InChI=1S/C15H14FN3O2/c1-19-8-10(7-17-19)12-6-13(20)18-15(21)14(12)9-2-4-11(16)5-3-9/h2-5,7-8,12,14H,6H2,1H3,(H,18,20,21). The van der Waals surface area contributed by atoms with E-state index in [1.54, 1.807) is 36.3 Å². The summed E-state index contributed by atoms with van der Waals surface area (Å²) in [7, 11) is 1.78. The molecule has 1 aromatic carbocycles. The van der Waals surface area contributed by atoms with Crippen molar-refractivity contribution < 1.29 is 14.0 Å². The molecule has 0 aliphatic carbocycles. The predicted molar refractivity (Wildman–Crippen MR) is 72.9 cm³/mol. The van der Waals surface area contributed by atoms with Crippen LogP contribution in [0.15, 0.2) is 36.7 Å². The molecule has 0 saturated carbocycles. The molecule has 1 saturated heterocycles. The van der Waals surface area contributed by atoms with Gasteiger partial charge in [-0.15, -0.1) is 0 Å². The molecule has 1 N–H and O–H groups in total. The van der Waals surface area contributed by atoms with Gasteiger partial charge in [0.1, 0.15) is 5.82 Å². The van der Waals surface area contributed by atoms with Gasteiger partial charge in [-0.1, -0.05) is 12.1 Å². The number of benzene rings is 1. The molecular formula is C15H14FN3O2. The highest BCUT2D eigenvalue weighted by atomic mass is 19.1. The molecule has 1 aromatic heterocycles. The molecule has 3 rings (SSSR count). The average molecular weight is 287 g/mol. The molecule has 1 aliphatic heterocycles. The number of aromatic nitrogens is 2. The lowest BCUT2D eigenvalue weighted by molar-refractivity contribution is -0.135. The van der Waals surface area contributed by atoms with Crippen LogP contribution in [0.3, 0.4) is 0 Å². The average Bonchev–Trinajstić information content (AvgIpc) is 2.86.